The van der Waals surface area contributed by atoms with E-state index in [-0.39, 0.29) is 0 Å². The molecule has 0 aromatic heterocycles. The minimum atomic E-state index is 0.753. The minimum Gasteiger partial charge on any atom is -0.316 e. The molecule has 1 N–H and O–H groups in total. The summed E-state index contributed by atoms with van der Waals surface area (Å²) in [6, 6.07) is 8.95. The number of hydrogen-bond acceptors (Lipinski definition) is 1. The van der Waals surface area contributed by atoms with Crippen LogP contribution in [0.2, 0.25) is 0 Å². The fourth-order valence-corrected chi connectivity index (χ4v) is 2.41. The Kier molecular flexibility index (Phi) is 7.04. The summed E-state index contributed by atoms with van der Waals surface area (Å²) in [6.45, 7) is 11.4. The Morgan fingerprint density at radius 1 is 1.22 bits per heavy atom. The molecule has 0 amide bonds. The van der Waals surface area contributed by atoms with E-state index in [0.29, 0.717) is 0 Å². The molecule has 0 saturated heterocycles. The van der Waals surface area contributed by atoms with Crippen LogP contribution in [-0.4, -0.2) is 13.1 Å². The first-order chi connectivity index (χ1) is 8.67. The Hall–Kier alpha value is -0.820. The predicted molar refractivity (Wildman–Crippen MR) is 81.0 cm³/mol. The van der Waals surface area contributed by atoms with Crippen LogP contribution in [0, 0.1) is 18.8 Å². The topological polar surface area (TPSA) is 12.0 Å². The van der Waals surface area contributed by atoms with Crippen LogP contribution in [-0.2, 0) is 6.42 Å². The summed E-state index contributed by atoms with van der Waals surface area (Å²) in [7, 11) is 0. The fourth-order valence-electron chi connectivity index (χ4n) is 2.41. The highest BCUT2D eigenvalue weighted by molar-refractivity contribution is 5.22. The molecule has 0 saturated carbocycles. The molecule has 0 bridgehead atoms. The molecule has 0 aliphatic carbocycles. The fraction of sp³-hybridized carbons (Fsp3) is 0.647. The molecule has 1 rings (SSSR count). The molecule has 0 spiro atoms. The molecule has 0 aliphatic rings. The van der Waals surface area contributed by atoms with Crippen LogP contribution in [0.5, 0.6) is 0 Å². The highest BCUT2D eigenvalue weighted by atomic mass is 14.9. The number of rotatable bonds is 8. The summed E-state index contributed by atoms with van der Waals surface area (Å²) in [5.74, 6) is 1.54. The van der Waals surface area contributed by atoms with Crippen molar-refractivity contribution in [3.8, 4) is 0 Å². The zero-order valence-electron chi connectivity index (χ0n) is 12.5. The van der Waals surface area contributed by atoms with Gasteiger partial charge in [-0.25, -0.2) is 0 Å². The van der Waals surface area contributed by atoms with Crippen LogP contribution < -0.4 is 5.32 Å². The molecule has 102 valence electrons. The van der Waals surface area contributed by atoms with E-state index < -0.39 is 0 Å². The average molecular weight is 247 g/mol. The first kappa shape index (κ1) is 15.2. The van der Waals surface area contributed by atoms with Crippen LogP contribution in [0.15, 0.2) is 24.3 Å². The van der Waals surface area contributed by atoms with Gasteiger partial charge in [0.15, 0.2) is 0 Å². The molecule has 0 fully saturated rings. The minimum absolute atomic E-state index is 0.753. The third-order valence-electron chi connectivity index (χ3n) is 3.86. The van der Waals surface area contributed by atoms with Gasteiger partial charge in [-0.05, 0) is 50.3 Å². The maximum Gasteiger partial charge on any atom is -0.00148 e. The predicted octanol–water partition coefficient (Wildman–Crippen LogP) is 4.20. The highest BCUT2D eigenvalue weighted by Gasteiger charge is 2.15. The first-order valence-corrected chi connectivity index (χ1v) is 7.43. The lowest BCUT2D eigenvalue weighted by molar-refractivity contribution is 0.329. The molecule has 1 aromatic carbocycles. The monoisotopic (exact) mass is 247 g/mol. The van der Waals surface area contributed by atoms with Gasteiger partial charge >= 0.3 is 0 Å². The van der Waals surface area contributed by atoms with Gasteiger partial charge in [0.25, 0.3) is 0 Å². The van der Waals surface area contributed by atoms with Crippen LogP contribution in [0.4, 0.5) is 0 Å². The summed E-state index contributed by atoms with van der Waals surface area (Å²) < 4.78 is 0. The summed E-state index contributed by atoms with van der Waals surface area (Å²) in [5.41, 5.74) is 2.86. The van der Waals surface area contributed by atoms with Gasteiger partial charge in [-0.1, -0.05) is 57.0 Å². The SMILES string of the molecule is CCCNCC(Cc1cccc(C)c1)C(C)CC. The van der Waals surface area contributed by atoms with Gasteiger partial charge in [-0.2, -0.15) is 0 Å². The lowest BCUT2D eigenvalue weighted by Crippen LogP contribution is -2.29. The van der Waals surface area contributed by atoms with E-state index in [4.69, 9.17) is 0 Å². The molecule has 0 radical (unpaired) electrons. The van der Waals surface area contributed by atoms with Crippen molar-refractivity contribution in [2.75, 3.05) is 13.1 Å². The number of nitrogens with one attached hydrogen (secondary N) is 1. The quantitative estimate of drug-likeness (QED) is 0.679. The summed E-state index contributed by atoms with van der Waals surface area (Å²) in [4.78, 5) is 0. The van der Waals surface area contributed by atoms with Crippen molar-refractivity contribution in [2.24, 2.45) is 11.8 Å². The summed E-state index contributed by atoms with van der Waals surface area (Å²) in [5, 5.41) is 3.59. The Balaban J connectivity index is 2.59. The van der Waals surface area contributed by atoms with Gasteiger partial charge < -0.3 is 5.32 Å². The lowest BCUT2D eigenvalue weighted by Gasteiger charge is -2.23. The standard InChI is InChI=1S/C17H29N/c1-5-10-18-13-17(15(4)6-2)12-16-9-7-8-14(3)11-16/h7-9,11,15,17-18H,5-6,10,12-13H2,1-4H3. The summed E-state index contributed by atoms with van der Waals surface area (Å²) in [6.07, 6.45) is 3.69. The zero-order chi connectivity index (χ0) is 13.4. The van der Waals surface area contributed by atoms with Crippen LogP contribution in [0.3, 0.4) is 0 Å². The van der Waals surface area contributed by atoms with Crippen LogP contribution in [0.25, 0.3) is 0 Å². The maximum absolute atomic E-state index is 3.59. The van der Waals surface area contributed by atoms with Crippen molar-refractivity contribution in [1.82, 2.24) is 5.32 Å². The second kappa shape index (κ2) is 8.31. The van der Waals surface area contributed by atoms with E-state index in [9.17, 15) is 0 Å². The summed E-state index contributed by atoms with van der Waals surface area (Å²) >= 11 is 0. The smallest absolute Gasteiger partial charge is 0.00148 e. The van der Waals surface area contributed by atoms with Gasteiger partial charge in [0.05, 0.1) is 0 Å². The van der Waals surface area contributed by atoms with Crippen molar-refractivity contribution in [1.29, 1.82) is 0 Å². The van der Waals surface area contributed by atoms with Gasteiger partial charge in [-0.3, -0.25) is 0 Å². The van der Waals surface area contributed by atoms with Crippen LogP contribution in [0.1, 0.15) is 44.7 Å². The molecule has 0 aliphatic heterocycles. The first-order valence-electron chi connectivity index (χ1n) is 7.43. The third kappa shape index (κ3) is 5.22. The second-order valence-corrected chi connectivity index (χ2v) is 5.54. The van der Waals surface area contributed by atoms with E-state index in [1.165, 1.54) is 30.4 Å². The van der Waals surface area contributed by atoms with Crippen molar-refractivity contribution in [3.05, 3.63) is 35.4 Å². The Labute approximate surface area is 113 Å². The van der Waals surface area contributed by atoms with E-state index >= 15 is 0 Å². The number of benzene rings is 1. The average Bonchev–Trinajstić information content (AvgIpc) is 2.37. The maximum atomic E-state index is 3.59. The van der Waals surface area contributed by atoms with Crippen molar-refractivity contribution in [2.45, 2.75) is 47.0 Å². The van der Waals surface area contributed by atoms with Gasteiger partial charge in [0.2, 0.25) is 0 Å². The normalized spacial score (nSPS) is 14.4. The molecule has 18 heavy (non-hydrogen) atoms. The van der Waals surface area contributed by atoms with Gasteiger partial charge in [0.1, 0.15) is 0 Å². The van der Waals surface area contributed by atoms with Crippen molar-refractivity contribution in [3.63, 3.8) is 0 Å². The van der Waals surface area contributed by atoms with Gasteiger partial charge in [-0.15, -0.1) is 0 Å². The third-order valence-corrected chi connectivity index (χ3v) is 3.86. The molecular weight excluding hydrogens is 218 g/mol. The second-order valence-electron chi connectivity index (χ2n) is 5.54. The number of hydrogen-bond donors (Lipinski definition) is 1. The van der Waals surface area contributed by atoms with Crippen LogP contribution >= 0.6 is 0 Å². The highest BCUT2D eigenvalue weighted by Crippen LogP contribution is 2.20. The zero-order valence-corrected chi connectivity index (χ0v) is 12.5. The van der Waals surface area contributed by atoms with E-state index in [1.54, 1.807) is 0 Å². The van der Waals surface area contributed by atoms with E-state index in [1.807, 2.05) is 0 Å². The van der Waals surface area contributed by atoms with Crippen molar-refractivity contribution < 1.29 is 0 Å². The van der Waals surface area contributed by atoms with E-state index in [0.717, 1.165) is 24.9 Å². The Bertz CT molecular complexity index is 332. The van der Waals surface area contributed by atoms with E-state index in [2.05, 4.69) is 57.3 Å². The molecule has 1 aromatic rings. The largest absolute Gasteiger partial charge is 0.316 e. The van der Waals surface area contributed by atoms with Crippen molar-refractivity contribution >= 4 is 0 Å². The van der Waals surface area contributed by atoms with Gasteiger partial charge in [0, 0.05) is 0 Å². The molecular formula is C17H29N. The molecule has 0 heterocycles. The molecule has 1 nitrogen and oxygen atoms in total. The molecule has 2 unspecified atom stereocenters. The number of aryl methyl sites for hydroxylation is 1. The Morgan fingerprint density at radius 2 is 2.00 bits per heavy atom. The molecule has 2 atom stereocenters. The lowest BCUT2D eigenvalue weighted by atomic mass is 9.86. The molecule has 1 heteroatoms. The Morgan fingerprint density at radius 3 is 2.61 bits per heavy atom.